The maximum absolute atomic E-state index is 12.8. The minimum absolute atomic E-state index is 0.472. The van der Waals surface area contributed by atoms with Crippen LogP contribution >= 0.6 is 11.3 Å². The summed E-state index contributed by atoms with van der Waals surface area (Å²) in [6.45, 7) is 8.78. The van der Waals surface area contributed by atoms with E-state index >= 15 is 0 Å². The molecule has 1 aliphatic heterocycles. The Hall–Kier alpha value is -1.37. The van der Waals surface area contributed by atoms with Crippen molar-refractivity contribution in [3.05, 3.63) is 46.3 Å². The Morgan fingerprint density at radius 2 is 1.75 bits per heavy atom. The second-order valence-corrected chi connectivity index (χ2v) is 9.59. The van der Waals surface area contributed by atoms with Crippen LogP contribution in [0.1, 0.15) is 22.9 Å². The van der Waals surface area contributed by atoms with Gasteiger partial charge >= 0.3 is 0 Å². The van der Waals surface area contributed by atoms with Crippen molar-refractivity contribution in [3.8, 4) is 0 Å². The summed E-state index contributed by atoms with van der Waals surface area (Å²) in [6.07, 6.45) is 0.876. The Morgan fingerprint density at radius 1 is 1.04 bits per heavy atom. The van der Waals surface area contributed by atoms with Crippen LogP contribution in [0.5, 0.6) is 0 Å². The highest BCUT2D eigenvalue weighted by molar-refractivity contribution is 7.91. The topological polar surface area (TPSA) is 40.6 Å². The molecule has 0 saturated carbocycles. The lowest BCUT2D eigenvalue weighted by molar-refractivity contribution is 0.385. The largest absolute Gasteiger partial charge is 0.369 e. The van der Waals surface area contributed by atoms with E-state index in [1.54, 1.807) is 10.4 Å². The summed E-state index contributed by atoms with van der Waals surface area (Å²) in [6, 6.07) is 10.1. The maximum Gasteiger partial charge on any atom is 0.252 e. The van der Waals surface area contributed by atoms with Crippen molar-refractivity contribution in [2.45, 2.75) is 31.4 Å². The highest BCUT2D eigenvalue weighted by Gasteiger charge is 2.30. The summed E-state index contributed by atoms with van der Waals surface area (Å²) in [5.74, 6) is 0. The Balaban J connectivity index is 1.73. The molecule has 0 N–H and O–H groups in total. The first-order chi connectivity index (χ1) is 11.4. The quantitative estimate of drug-likeness (QED) is 0.834. The van der Waals surface area contributed by atoms with Gasteiger partial charge in [-0.15, -0.1) is 11.3 Å². The smallest absolute Gasteiger partial charge is 0.252 e. The van der Waals surface area contributed by atoms with E-state index in [2.05, 4.69) is 36.9 Å². The van der Waals surface area contributed by atoms with Gasteiger partial charge in [-0.3, -0.25) is 0 Å². The summed E-state index contributed by atoms with van der Waals surface area (Å²) in [5.41, 5.74) is 3.69. The zero-order chi connectivity index (χ0) is 17.3. The van der Waals surface area contributed by atoms with Crippen LogP contribution in [0.3, 0.4) is 0 Å². The molecule has 130 valence electrons. The van der Waals surface area contributed by atoms with Crippen LogP contribution < -0.4 is 4.90 Å². The van der Waals surface area contributed by atoms with Crippen molar-refractivity contribution in [1.82, 2.24) is 4.31 Å². The molecule has 1 aromatic carbocycles. The highest BCUT2D eigenvalue weighted by Crippen LogP contribution is 2.28. The van der Waals surface area contributed by atoms with Crippen LogP contribution in [-0.2, 0) is 16.4 Å². The number of hydrogen-bond donors (Lipinski definition) is 0. The summed E-state index contributed by atoms with van der Waals surface area (Å²) < 4.78 is 27.7. The normalized spacial score (nSPS) is 16.5. The predicted molar refractivity (Wildman–Crippen MR) is 101 cm³/mol. The van der Waals surface area contributed by atoms with Crippen LogP contribution in [0.2, 0.25) is 0 Å². The van der Waals surface area contributed by atoms with Gasteiger partial charge in [-0.05, 0) is 49.6 Å². The second kappa shape index (κ2) is 6.86. The third kappa shape index (κ3) is 3.36. The van der Waals surface area contributed by atoms with E-state index in [4.69, 9.17) is 0 Å². The molecule has 1 aliphatic rings. The molecule has 1 fully saturated rings. The van der Waals surface area contributed by atoms with Crippen LogP contribution in [0.25, 0.3) is 0 Å². The highest BCUT2D eigenvalue weighted by atomic mass is 32.2. The molecular formula is C18H24N2O2S2. The van der Waals surface area contributed by atoms with Gasteiger partial charge in [0, 0.05) is 36.7 Å². The van der Waals surface area contributed by atoms with Crippen molar-refractivity contribution < 1.29 is 8.42 Å². The van der Waals surface area contributed by atoms with Gasteiger partial charge in [-0.2, -0.15) is 4.31 Å². The molecule has 0 unspecified atom stereocenters. The van der Waals surface area contributed by atoms with E-state index in [1.807, 2.05) is 13.0 Å². The van der Waals surface area contributed by atoms with E-state index in [9.17, 15) is 8.42 Å². The monoisotopic (exact) mass is 364 g/mol. The molecule has 24 heavy (non-hydrogen) atoms. The average molecular weight is 365 g/mol. The number of nitrogens with zero attached hydrogens (tertiary/aromatic N) is 2. The lowest BCUT2D eigenvalue weighted by atomic mass is 10.1. The van der Waals surface area contributed by atoms with Crippen LogP contribution in [0, 0.1) is 13.8 Å². The van der Waals surface area contributed by atoms with Gasteiger partial charge in [-0.25, -0.2) is 8.42 Å². The Labute approximate surface area is 148 Å². The average Bonchev–Trinajstić information content (AvgIpc) is 3.07. The van der Waals surface area contributed by atoms with Crippen molar-refractivity contribution in [2.75, 3.05) is 31.1 Å². The van der Waals surface area contributed by atoms with E-state index in [-0.39, 0.29) is 0 Å². The zero-order valence-electron chi connectivity index (χ0n) is 14.4. The fourth-order valence-electron chi connectivity index (χ4n) is 3.04. The standard InChI is InChI=1S/C18H24N2O2S2/c1-4-16-7-8-18(23-16)24(21,22)20-11-9-19(10-12-20)17-13-14(2)5-6-15(17)3/h5-8,13H,4,9-12H2,1-3H3. The first kappa shape index (κ1) is 17.5. The number of aryl methyl sites for hydroxylation is 3. The van der Waals surface area contributed by atoms with E-state index in [0.717, 1.165) is 24.4 Å². The van der Waals surface area contributed by atoms with Crippen molar-refractivity contribution in [2.24, 2.45) is 0 Å². The van der Waals surface area contributed by atoms with Gasteiger partial charge in [0.1, 0.15) is 4.21 Å². The van der Waals surface area contributed by atoms with Gasteiger partial charge in [0.05, 0.1) is 0 Å². The van der Waals surface area contributed by atoms with Crippen LogP contribution in [0.15, 0.2) is 34.5 Å². The Bertz CT molecular complexity index is 819. The second-order valence-electron chi connectivity index (χ2n) is 6.26. The SMILES string of the molecule is CCc1ccc(S(=O)(=O)N2CCN(c3cc(C)ccc3C)CC2)s1. The molecule has 0 amide bonds. The fraction of sp³-hybridized carbons (Fsp3) is 0.444. The lowest BCUT2D eigenvalue weighted by Crippen LogP contribution is -2.48. The summed E-state index contributed by atoms with van der Waals surface area (Å²) in [7, 11) is -3.35. The van der Waals surface area contributed by atoms with Gasteiger partial charge < -0.3 is 4.90 Å². The third-order valence-corrected chi connectivity index (χ3v) is 8.12. The number of sulfonamides is 1. The van der Waals surface area contributed by atoms with Gasteiger partial charge in [0.15, 0.2) is 0 Å². The molecule has 1 aromatic heterocycles. The molecular weight excluding hydrogens is 340 g/mol. The van der Waals surface area contributed by atoms with Crippen LogP contribution in [0.4, 0.5) is 5.69 Å². The van der Waals surface area contributed by atoms with Gasteiger partial charge in [0.25, 0.3) is 10.0 Å². The van der Waals surface area contributed by atoms with Crippen molar-refractivity contribution >= 4 is 27.0 Å². The minimum Gasteiger partial charge on any atom is -0.369 e. The number of anilines is 1. The van der Waals surface area contributed by atoms with E-state index in [0.29, 0.717) is 17.3 Å². The molecule has 0 atom stereocenters. The zero-order valence-corrected chi connectivity index (χ0v) is 16.1. The molecule has 0 aliphatic carbocycles. The minimum atomic E-state index is -3.35. The summed E-state index contributed by atoms with van der Waals surface area (Å²) in [4.78, 5) is 3.41. The summed E-state index contributed by atoms with van der Waals surface area (Å²) >= 11 is 1.39. The first-order valence-electron chi connectivity index (χ1n) is 8.33. The third-order valence-electron chi connectivity index (χ3n) is 4.52. The maximum atomic E-state index is 12.8. The van der Waals surface area contributed by atoms with Crippen molar-refractivity contribution in [3.63, 3.8) is 0 Å². The van der Waals surface area contributed by atoms with Crippen molar-refractivity contribution in [1.29, 1.82) is 0 Å². The fourth-order valence-corrected chi connectivity index (χ4v) is 5.92. The van der Waals surface area contributed by atoms with E-state index < -0.39 is 10.0 Å². The molecule has 0 spiro atoms. The number of rotatable bonds is 4. The molecule has 2 aromatic rings. The lowest BCUT2D eigenvalue weighted by Gasteiger charge is -2.36. The van der Waals surface area contributed by atoms with E-state index in [1.165, 1.54) is 28.2 Å². The first-order valence-corrected chi connectivity index (χ1v) is 10.6. The predicted octanol–water partition coefficient (Wildman–Crippen LogP) is 3.44. The van der Waals surface area contributed by atoms with Gasteiger partial charge in [-0.1, -0.05) is 19.1 Å². The number of thiophene rings is 1. The molecule has 6 heteroatoms. The number of hydrogen-bond acceptors (Lipinski definition) is 4. The van der Waals surface area contributed by atoms with Gasteiger partial charge in [0.2, 0.25) is 0 Å². The molecule has 2 heterocycles. The molecule has 4 nitrogen and oxygen atoms in total. The number of piperazine rings is 1. The molecule has 0 radical (unpaired) electrons. The molecule has 3 rings (SSSR count). The Kier molecular flexibility index (Phi) is 4.99. The number of benzene rings is 1. The molecule has 1 saturated heterocycles. The molecule has 0 bridgehead atoms. The van der Waals surface area contributed by atoms with Crippen LogP contribution in [-0.4, -0.2) is 38.9 Å². The summed E-state index contributed by atoms with van der Waals surface area (Å²) in [5, 5.41) is 0. The Morgan fingerprint density at radius 3 is 2.38 bits per heavy atom.